The standard InChI is InChI=1S/C12H9BrN2O3S/c1-6-4-8(19-10(6)13)11(16)15-9-5-7(12(17)18)2-3-14-9/h2-5H,1H3,(H,17,18)(H,14,15,16). The molecule has 0 aliphatic rings. The summed E-state index contributed by atoms with van der Waals surface area (Å²) in [5.74, 6) is -1.16. The van der Waals surface area contributed by atoms with Crippen molar-refractivity contribution in [1.82, 2.24) is 4.98 Å². The van der Waals surface area contributed by atoms with Crippen molar-refractivity contribution in [2.75, 3.05) is 5.32 Å². The zero-order valence-corrected chi connectivity index (χ0v) is 12.2. The summed E-state index contributed by atoms with van der Waals surface area (Å²) in [5.41, 5.74) is 1.05. The summed E-state index contributed by atoms with van der Waals surface area (Å²) in [7, 11) is 0. The lowest BCUT2D eigenvalue weighted by Crippen LogP contribution is -2.12. The lowest BCUT2D eigenvalue weighted by atomic mass is 10.2. The van der Waals surface area contributed by atoms with Gasteiger partial charge in [-0.05, 0) is 46.6 Å². The topological polar surface area (TPSA) is 79.3 Å². The van der Waals surface area contributed by atoms with Crippen LogP contribution in [0.25, 0.3) is 0 Å². The van der Waals surface area contributed by atoms with Crippen LogP contribution >= 0.6 is 27.3 Å². The van der Waals surface area contributed by atoms with E-state index in [9.17, 15) is 9.59 Å². The molecule has 19 heavy (non-hydrogen) atoms. The minimum atomic E-state index is -1.06. The molecule has 2 aromatic rings. The molecule has 1 amide bonds. The average molecular weight is 341 g/mol. The third kappa shape index (κ3) is 3.18. The molecule has 7 heteroatoms. The number of carbonyl (C=O) groups is 2. The molecule has 5 nitrogen and oxygen atoms in total. The number of hydrogen-bond acceptors (Lipinski definition) is 4. The number of nitrogens with zero attached hydrogens (tertiary/aromatic N) is 1. The quantitative estimate of drug-likeness (QED) is 0.899. The molecule has 0 aromatic carbocycles. The number of aromatic nitrogens is 1. The van der Waals surface area contributed by atoms with Crippen molar-refractivity contribution in [2.45, 2.75) is 6.92 Å². The van der Waals surface area contributed by atoms with E-state index in [1.54, 1.807) is 6.07 Å². The van der Waals surface area contributed by atoms with E-state index in [1.165, 1.54) is 29.7 Å². The molecule has 0 spiro atoms. The number of nitrogens with one attached hydrogen (secondary N) is 1. The molecule has 0 aliphatic heterocycles. The van der Waals surface area contributed by atoms with E-state index in [2.05, 4.69) is 26.2 Å². The number of pyridine rings is 1. The highest BCUT2D eigenvalue weighted by atomic mass is 79.9. The van der Waals surface area contributed by atoms with Crippen LogP contribution in [0.1, 0.15) is 25.6 Å². The molecular weight excluding hydrogens is 332 g/mol. The highest BCUT2D eigenvalue weighted by Crippen LogP contribution is 2.27. The van der Waals surface area contributed by atoms with Gasteiger partial charge in [0.2, 0.25) is 0 Å². The summed E-state index contributed by atoms with van der Waals surface area (Å²) in [6, 6.07) is 4.44. The number of anilines is 1. The summed E-state index contributed by atoms with van der Waals surface area (Å²) in [5, 5.41) is 11.4. The van der Waals surface area contributed by atoms with Gasteiger partial charge in [0.25, 0.3) is 5.91 Å². The van der Waals surface area contributed by atoms with Crippen LogP contribution in [0.3, 0.4) is 0 Å². The number of carboxylic acid groups (broad SMARTS) is 1. The molecule has 0 saturated heterocycles. The Kier molecular flexibility index (Phi) is 3.96. The predicted molar refractivity (Wildman–Crippen MR) is 75.9 cm³/mol. The zero-order chi connectivity index (χ0) is 14.0. The number of hydrogen-bond donors (Lipinski definition) is 2. The molecule has 2 heterocycles. The lowest BCUT2D eigenvalue weighted by Gasteiger charge is -2.03. The van der Waals surface area contributed by atoms with Crippen molar-refractivity contribution < 1.29 is 14.7 Å². The van der Waals surface area contributed by atoms with Gasteiger partial charge in [-0.3, -0.25) is 4.79 Å². The van der Waals surface area contributed by atoms with E-state index in [1.807, 2.05) is 6.92 Å². The monoisotopic (exact) mass is 340 g/mol. The van der Waals surface area contributed by atoms with Gasteiger partial charge in [0, 0.05) is 6.20 Å². The first kappa shape index (κ1) is 13.7. The predicted octanol–water partition coefficient (Wildman–Crippen LogP) is 3.16. The second kappa shape index (κ2) is 5.50. The van der Waals surface area contributed by atoms with Crippen LogP contribution in [0.2, 0.25) is 0 Å². The SMILES string of the molecule is Cc1cc(C(=O)Nc2cc(C(=O)O)ccn2)sc1Br. The van der Waals surface area contributed by atoms with Crippen molar-refractivity contribution in [3.05, 3.63) is 44.2 Å². The van der Waals surface area contributed by atoms with Crippen molar-refractivity contribution in [2.24, 2.45) is 0 Å². The lowest BCUT2D eigenvalue weighted by molar-refractivity contribution is 0.0696. The summed E-state index contributed by atoms with van der Waals surface area (Å²) < 4.78 is 0.893. The Morgan fingerprint density at radius 2 is 2.16 bits per heavy atom. The number of carbonyl (C=O) groups excluding carboxylic acids is 1. The highest BCUT2D eigenvalue weighted by molar-refractivity contribution is 9.11. The fourth-order valence-corrected chi connectivity index (χ4v) is 2.81. The molecule has 0 bridgehead atoms. The molecule has 2 rings (SSSR count). The Bertz CT molecular complexity index is 635. The maximum atomic E-state index is 12.0. The smallest absolute Gasteiger partial charge is 0.335 e. The van der Waals surface area contributed by atoms with Crippen LogP contribution in [-0.2, 0) is 0 Å². The molecule has 0 radical (unpaired) electrons. The van der Waals surface area contributed by atoms with E-state index in [4.69, 9.17) is 5.11 Å². The van der Waals surface area contributed by atoms with Crippen LogP contribution < -0.4 is 5.32 Å². The Morgan fingerprint density at radius 1 is 1.42 bits per heavy atom. The number of amides is 1. The molecule has 0 atom stereocenters. The minimum absolute atomic E-state index is 0.0776. The summed E-state index contributed by atoms with van der Waals surface area (Å²) in [6.07, 6.45) is 1.34. The van der Waals surface area contributed by atoms with Gasteiger partial charge in [0.05, 0.1) is 14.2 Å². The van der Waals surface area contributed by atoms with E-state index in [0.29, 0.717) is 4.88 Å². The molecule has 2 N–H and O–H groups in total. The molecule has 98 valence electrons. The first-order valence-corrected chi connectivity index (χ1v) is 6.85. The summed E-state index contributed by atoms with van der Waals surface area (Å²) in [6.45, 7) is 1.89. The number of carboxylic acids is 1. The number of rotatable bonds is 3. The van der Waals surface area contributed by atoms with Gasteiger partial charge in [-0.1, -0.05) is 0 Å². The minimum Gasteiger partial charge on any atom is -0.478 e. The van der Waals surface area contributed by atoms with Gasteiger partial charge in [0.15, 0.2) is 0 Å². The largest absolute Gasteiger partial charge is 0.478 e. The van der Waals surface area contributed by atoms with Gasteiger partial charge < -0.3 is 10.4 Å². The first-order valence-electron chi connectivity index (χ1n) is 5.24. The van der Waals surface area contributed by atoms with Gasteiger partial charge >= 0.3 is 5.97 Å². The normalized spacial score (nSPS) is 10.2. The first-order chi connectivity index (χ1) is 8.97. The number of thiophene rings is 1. The number of aromatic carboxylic acids is 1. The van der Waals surface area contributed by atoms with Gasteiger partial charge in [-0.25, -0.2) is 9.78 Å². The van der Waals surface area contributed by atoms with Crippen molar-refractivity contribution in [3.63, 3.8) is 0 Å². The van der Waals surface area contributed by atoms with Gasteiger partial charge in [0.1, 0.15) is 5.82 Å². The van der Waals surface area contributed by atoms with Crippen molar-refractivity contribution >= 4 is 45.0 Å². The van der Waals surface area contributed by atoms with Crippen LogP contribution in [0.4, 0.5) is 5.82 Å². The van der Waals surface area contributed by atoms with Crippen LogP contribution in [0.5, 0.6) is 0 Å². The Balaban J connectivity index is 2.19. The third-order valence-corrected chi connectivity index (χ3v) is 4.46. The maximum absolute atomic E-state index is 12.0. The second-order valence-electron chi connectivity index (χ2n) is 3.76. The fourth-order valence-electron chi connectivity index (χ4n) is 1.38. The van der Waals surface area contributed by atoms with Gasteiger partial charge in [-0.2, -0.15) is 0 Å². The number of halogens is 1. The molecule has 0 saturated carbocycles. The molecule has 0 fully saturated rings. The second-order valence-corrected chi connectivity index (χ2v) is 6.13. The van der Waals surface area contributed by atoms with Crippen LogP contribution in [0.15, 0.2) is 28.2 Å². The highest BCUT2D eigenvalue weighted by Gasteiger charge is 2.13. The van der Waals surface area contributed by atoms with E-state index >= 15 is 0 Å². The van der Waals surface area contributed by atoms with Crippen LogP contribution in [-0.4, -0.2) is 22.0 Å². The molecule has 0 unspecified atom stereocenters. The van der Waals surface area contributed by atoms with Crippen molar-refractivity contribution in [3.8, 4) is 0 Å². The van der Waals surface area contributed by atoms with E-state index in [0.717, 1.165) is 9.35 Å². The van der Waals surface area contributed by atoms with Crippen molar-refractivity contribution in [1.29, 1.82) is 0 Å². The van der Waals surface area contributed by atoms with Crippen LogP contribution in [0, 0.1) is 6.92 Å². The Labute approximate surface area is 121 Å². The molecule has 0 aliphatic carbocycles. The fraction of sp³-hybridized carbons (Fsp3) is 0.0833. The van der Waals surface area contributed by atoms with E-state index < -0.39 is 5.97 Å². The summed E-state index contributed by atoms with van der Waals surface area (Å²) in [4.78, 5) is 27.2. The third-order valence-electron chi connectivity index (χ3n) is 2.33. The van der Waals surface area contributed by atoms with E-state index in [-0.39, 0.29) is 17.3 Å². The Morgan fingerprint density at radius 3 is 2.74 bits per heavy atom. The van der Waals surface area contributed by atoms with Gasteiger partial charge in [-0.15, -0.1) is 11.3 Å². The molecular formula is C12H9BrN2O3S. The zero-order valence-electron chi connectivity index (χ0n) is 9.81. The maximum Gasteiger partial charge on any atom is 0.335 e. The Hall–Kier alpha value is -1.73. The molecule has 2 aromatic heterocycles. The summed E-state index contributed by atoms with van der Waals surface area (Å²) >= 11 is 4.66. The average Bonchev–Trinajstić information content (AvgIpc) is 2.70. The number of aryl methyl sites for hydroxylation is 1.